The fraction of sp³-hybridized carbons (Fsp3) is 0.974. The van der Waals surface area contributed by atoms with Crippen LogP contribution in [0.1, 0.15) is 174 Å². The highest BCUT2D eigenvalue weighted by Crippen LogP contribution is 2.24. The number of carbonyl (C=O) groups is 1. The molecule has 0 aromatic rings. The lowest BCUT2D eigenvalue weighted by atomic mass is 9.90. The fourth-order valence-corrected chi connectivity index (χ4v) is 6.69. The molecule has 1 rings (SSSR count). The maximum Gasteiger partial charge on any atom is 0.306 e. The minimum absolute atomic E-state index is 0.0451. The van der Waals surface area contributed by atoms with E-state index in [0.29, 0.717) is 18.9 Å². The molecule has 5 heteroatoms. The third-order valence-electron chi connectivity index (χ3n) is 9.56. The predicted octanol–water partition coefficient (Wildman–Crippen LogP) is 10.5. The number of hydrogen-bond donors (Lipinski definition) is 0. The average molecular weight is 610 g/mol. The largest absolute Gasteiger partial charge is 0.466 e. The van der Waals surface area contributed by atoms with E-state index in [1.807, 2.05) is 0 Å². The molecule has 0 bridgehead atoms. The Hall–Kier alpha value is -0.650. The Balaban J connectivity index is 2.15. The maximum absolute atomic E-state index is 12.5. The lowest BCUT2D eigenvalue weighted by Crippen LogP contribution is -2.36. The smallest absolute Gasteiger partial charge is 0.306 e. The van der Waals surface area contributed by atoms with Gasteiger partial charge in [-0.3, -0.25) is 9.69 Å². The van der Waals surface area contributed by atoms with Crippen molar-refractivity contribution in [1.82, 2.24) is 4.90 Å². The van der Waals surface area contributed by atoms with Crippen molar-refractivity contribution in [3.8, 4) is 0 Å². The SMILES string of the molecule is CCCCCC(CCCCC)CC(=O)OCCCCCCCCC(CCCCCCCCOC)CCCN1CCOCC1. The van der Waals surface area contributed by atoms with Gasteiger partial charge in [0.25, 0.3) is 0 Å². The molecular weight excluding hydrogens is 534 g/mol. The van der Waals surface area contributed by atoms with Gasteiger partial charge in [0.1, 0.15) is 0 Å². The molecule has 0 aromatic carbocycles. The summed E-state index contributed by atoms with van der Waals surface area (Å²) >= 11 is 0. The predicted molar refractivity (Wildman–Crippen MR) is 184 cm³/mol. The second kappa shape index (κ2) is 31.3. The van der Waals surface area contributed by atoms with Crippen LogP contribution in [0.5, 0.6) is 0 Å². The molecule has 1 saturated heterocycles. The van der Waals surface area contributed by atoms with E-state index in [4.69, 9.17) is 14.2 Å². The fourth-order valence-electron chi connectivity index (χ4n) is 6.69. The molecule has 1 aliphatic rings. The standard InChI is InChI=1S/C38H75NO4/c1-4-6-16-25-37(26-17-7-5-2)35-38(40)43-32-21-15-11-9-13-19-24-36(23-18-12-8-10-14-20-31-41-3)27-22-28-39-29-33-42-34-30-39/h36-37H,4-35H2,1-3H3. The number of morpholine rings is 1. The lowest BCUT2D eigenvalue weighted by Gasteiger charge is -2.27. The number of methoxy groups -OCH3 is 1. The molecule has 0 amide bonds. The van der Waals surface area contributed by atoms with E-state index in [-0.39, 0.29) is 5.97 Å². The zero-order valence-corrected chi connectivity index (χ0v) is 29.4. The van der Waals surface area contributed by atoms with Crippen LogP contribution in [0.15, 0.2) is 0 Å². The Labute approximate surface area is 268 Å². The first kappa shape index (κ1) is 40.4. The lowest BCUT2D eigenvalue weighted by molar-refractivity contribution is -0.145. The Kier molecular flexibility index (Phi) is 29.4. The summed E-state index contributed by atoms with van der Waals surface area (Å²) in [5.41, 5.74) is 0. The molecule has 0 N–H and O–H groups in total. The van der Waals surface area contributed by atoms with Gasteiger partial charge in [-0.15, -0.1) is 0 Å². The Morgan fingerprint density at radius 2 is 1.07 bits per heavy atom. The van der Waals surface area contributed by atoms with E-state index in [1.54, 1.807) is 7.11 Å². The van der Waals surface area contributed by atoms with Crippen LogP contribution in [-0.2, 0) is 19.0 Å². The van der Waals surface area contributed by atoms with E-state index in [0.717, 1.165) is 45.2 Å². The van der Waals surface area contributed by atoms with Gasteiger partial charge in [-0.05, 0) is 56.9 Å². The van der Waals surface area contributed by atoms with Crippen molar-refractivity contribution >= 4 is 5.97 Å². The summed E-state index contributed by atoms with van der Waals surface area (Å²) in [6.07, 6.45) is 31.8. The molecule has 0 aliphatic carbocycles. The van der Waals surface area contributed by atoms with Crippen molar-refractivity contribution < 1.29 is 19.0 Å². The first-order valence-corrected chi connectivity index (χ1v) is 19.1. The molecule has 1 heterocycles. The number of ether oxygens (including phenoxy) is 3. The highest BCUT2D eigenvalue weighted by Gasteiger charge is 2.15. The molecule has 0 spiro atoms. The monoisotopic (exact) mass is 610 g/mol. The molecule has 1 atom stereocenters. The van der Waals surface area contributed by atoms with Crippen LogP contribution < -0.4 is 0 Å². The van der Waals surface area contributed by atoms with E-state index in [9.17, 15) is 4.79 Å². The summed E-state index contributed by atoms with van der Waals surface area (Å²) in [6, 6.07) is 0. The average Bonchev–Trinajstić information content (AvgIpc) is 3.01. The van der Waals surface area contributed by atoms with Crippen LogP contribution >= 0.6 is 0 Å². The number of carbonyl (C=O) groups excluding carboxylic acids is 1. The van der Waals surface area contributed by atoms with E-state index >= 15 is 0 Å². The van der Waals surface area contributed by atoms with Gasteiger partial charge in [-0.2, -0.15) is 0 Å². The number of unbranched alkanes of at least 4 members (excludes halogenated alkanes) is 14. The van der Waals surface area contributed by atoms with Crippen LogP contribution in [-0.4, -0.2) is 64.0 Å². The van der Waals surface area contributed by atoms with Crippen LogP contribution in [0, 0.1) is 11.8 Å². The Bertz CT molecular complexity index is 570. The molecular formula is C38H75NO4. The van der Waals surface area contributed by atoms with Crippen molar-refractivity contribution in [3.63, 3.8) is 0 Å². The molecule has 1 fully saturated rings. The van der Waals surface area contributed by atoms with Crippen molar-refractivity contribution in [3.05, 3.63) is 0 Å². The van der Waals surface area contributed by atoms with Gasteiger partial charge in [0, 0.05) is 33.2 Å². The number of hydrogen-bond acceptors (Lipinski definition) is 5. The number of nitrogens with zero attached hydrogens (tertiary/aromatic N) is 1. The van der Waals surface area contributed by atoms with Gasteiger partial charge in [0.2, 0.25) is 0 Å². The summed E-state index contributed by atoms with van der Waals surface area (Å²) in [5.74, 6) is 1.48. The summed E-state index contributed by atoms with van der Waals surface area (Å²) in [4.78, 5) is 15.0. The first-order chi connectivity index (χ1) is 21.2. The summed E-state index contributed by atoms with van der Waals surface area (Å²) in [6.45, 7) is 11.3. The van der Waals surface area contributed by atoms with Gasteiger partial charge < -0.3 is 14.2 Å². The normalized spacial score (nSPS) is 14.9. The second-order valence-corrected chi connectivity index (χ2v) is 13.6. The minimum atomic E-state index is 0.0451. The Morgan fingerprint density at radius 3 is 1.63 bits per heavy atom. The van der Waals surface area contributed by atoms with Gasteiger partial charge in [0.15, 0.2) is 0 Å². The van der Waals surface area contributed by atoms with Crippen molar-refractivity contribution in [2.45, 2.75) is 174 Å². The number of esters is 1. The van der Waals surface area contributed by atoms with Gasteiger partial charge in [-0.25, -0.2) is 0 Å². The number of rotatable bonds is 32. The summed E-state index contributed by atoms with van der Waals surface area (Å²) in [7, 11) is 1.81. The molecule has 1 aliphatic heterocycles. The third-order valence-corrected chi connectivity index (χ3v) is 9.56. The van der Waals surface area contributed by atoms with E-state index in [1.165, 1.54) is 154 Å². The summed E-state index contributed by atoms with van der Waals surface area (Å²) in [5, 5.41) is 0. The molecule has 43 heavy (non-hydrogen) atoms. The quantitative estimate of drug-likeness (QED) is 0.0561. The Morgan fingerprint density at radius 1 is 0.605 bits per heavy atom. The van der Waals surface area contributed by atoms with Crippen LogP contribution in [0.3, 0.4) is 0 Å². The third kappa shape index (κ3) is 26.3. The molecule has 0 aromatic heterocycles. The van der Waals surface area contributed by atoms with Crippen LogP contribution in [0.25, 0.3) is 0 Å². The van der Waals surface area contributed by atoms with Crippen molar-refractivity contribution in [2.75, 3.05) is 53.2 Å². The summed E-state index contributed by atoms with van der Waals surface area (Å²) < 4.78 is 16.4. The van der Waals surface area contributed by atoms with Crippen LogP contribution in [0.2, 0.25) is 0 Å². The zero-order chi connectivity index (χ0) is 31.1. The highest BCUT2D eigenvalue weighted by atomic mass is 16.5. The van der Waals surface area contributed by atoms with Crippen molar-refractivity contribution in [1.29, 1.82) is 0 Å². The van der Waals surface area contributed by atoms with Gasteiger partial charge >= 0.3 is 5.97 Å². The van der Waals surface area contributed by atoms with E-state index < -0.39 is 0 Å². The van der Waals surface area contributed by atoms with Crippen LogP contribution in [0.4, 0.5) is 0 Å². The van der Waals surface area contributed by atoms with Gasteiger partial charge in [-0.1, -0.05) is 129 Å². The minimum Gasteiger partial charge on any atom is -0.466 e. The van der Waals surface area contributed by atoms with E-state index in [2.05, 4.69) is 18.7 Å². The molecule has 1 unspecified atom stereocenters. The van der Waals surface area contributed by atoms with Crippen molar-refractivity contribution in [2.24, 2.45) is 11.8 Å². The second-order valence-electron chi connectivity index (χ2n) is 13.6. The zero-order valence-electron chi connectivity index (χ0n) is 29.4. The maximum atomic E-state index is 12.5. The molecule has 0 radical (unpaired) electrons. The highest BCUT2D eigenvalue weighted by molar-refractivity contribution is 5.69. The topological polar surface area (TPSA) is 48.0 Å². The molecule has 256 valence electrons. The molecule has 5 nitrogen and oxygen atoms in total. The van der Waals surface area contributed by atoms with Gasteiger partial charge in [0.05, 0.1) is 19.8 Å². The molecule has 0 saturated carbocycles. The first-order valence-electron chi connectivity index (χ1n) is 19.1.